The van der Waals surface area contributed by atoms with E-state index in [1.54, 1.807) is 29.0 Å². The highest BCUT2D eigenvalue weighted by Crippen LogP contribution is 2.61. The van der Waals surface area contributed by atoms with Gasteiger partial charge in [-0.05, 0) is 38.2 Å². The molecule has 3 amide bonds. The summed E-state index contributed by atoms with van der Waals surface area (Å²) in [6.07, 6.45) is 6.14. The molecule has 48 heavy (non-hydrogen) atoms. The Kier molecular flexibility index (Phi) is 13.1. The van der Waals surface area contributed by atoms with Crippen LogP contribution in [0.1, 0.15) is 77.4 Å². The molecule has 0 radical (unpaired) electrons. The lowest BCUT2D eigenvalue weighted by molar-refractivity contribution is -0.165. The number of ether oxygens (including phenoxy) is 2. The fourth-order valence-corrected chi connectivity index (χ4v) is 8.66. The van der Waals surface area contributed by atoms with E-state index in [1.807, 2.05) is 44.2 Å². The van der Waals surface area contributed by atoms with Gasteiger partial charge in [0.25, 0.3) is 0 Å². The van der Waals surface area contributed by atoms with Crippen LogP contribution in [0.3, 0.4) is 0 Å². The summed E-state index contributed by atoms with van der Waals surface area (Å²) in [6.45, 7) is 13.8. The lowest BCUT2D eigenvalue weighted by Gasteiger charge is -2.39. The van der Waals surface area contributed by atoms with Gasteiger partial charge in [-0.2, -0.15) is 0 Å². The van der Waals surface area contributed by atoms with Crippen molar-refractivity contribution < 1.29 is 33.8 Å². The molecule has 3 fully saturated rings. The third kappa shape index (κ3) is 7.14. The van der Waals surface area contributed by atoms with Crippen molar-refractivity contribution in [1.82, 2.24) is 14.7 Å². The average Bonchev–Trinajstić information content (AvgIpc) is 3.69. The molecule has 3 saturated heterocycles. The summed E-state index contributed by atoms with van der Waals surface area (Å²) < 4.78 is 13.0. The molecule has 3 aliphatic rings. The molecule has 0 aromatic heterocycles. The normalized spacial score (nSPS) is 27.6. The number of aliphatic hydroxyl groups excluding tert-OH is 1. The van der Waals surface area contributed by atoms with Gasteiger partial charge in [0.05, 0.1) is 36.6 Å². The SMILES string of the molecule is C=CCCC(=O)N(C)[C@@H](C)[C@@H](OC(=O)[C@@H]1[C@H]2O[C@@]3(CC2Br)[C@H](C(=O)N(CC=C)CCCCC)N([C@@H](CC)CO)C(=O)[C@@H]13)c1ccccc1. The van der Waals surface area contributed by atoms with Crippen LogP contribution in [0.15, 0.2) is 55.6 Å². The maximum absolute atomic E-state index is 14.6. The number of fused-ring (bicyclic) bond motifs is 1. The Balaban J connectivity index is 1.72. The Morgan fingerprint density at radius 3 is 2.50 bits per heavy atom. The van der Waals surface area contributed by atoms with E-state index in [0.717, 1.165) is 19.3 Å². The van der Waals surface area contributed by atoms with Crippen LogP contribution in [0.25, 0.3) is 0 Å². The van der Waals surface area contributed by atoms with E-state index in [-0.39, 0.29) is 35.6 Å². The number of amides is 3. The summed E-state index contributed by atoms with van der Waals surface area (Å²) in [5.74, 6) is -3.35. The molecule has 1 N–H and O–H groups in total. The number of aliphatic hydroxyl groups is 1. The van der Waals surface area contributed by atoms with Gasteiger partial charge >= 0.3 is 5.97 Å². The molecule has 3 heterocycles. The predicted molar refractivity (Wildman–Crippen MR) is 187 cm³/mol. The number of benzene rings is 1. The molecule has 1 aromatic carbocycles. The summed E-state index contributed by atoms with van der Waals surface area (Å²) in [6, 6.07) is 7.07. The molecule has 3 aliphatic heterocycles. The lowest BCUT2D eigenvalue weighted by Crippen LogP contribution is -2.59. The molecule has 264 valence electrons. The van der Waals surface area contributed by atoms with E-state index < -0.39 is 53.7 Å². The van der Waals surface area contributed by atoms with Gasteiger partial charge in [0.15, 0.2) is 0 Å². The van der Waals surface area contributed by atoms with Crippen LogP contribution in [0, 0.1) is 11.8 Å². The first-order chi connectivity index (χ1) is 23.0. The number of carbonyl (C=O) groups is 4. The smallest absolute Gasteiger partial charge is 0.313 e. The van der Waals surface area contributed by atoms with Crippen molar-refractivity contribution in [3.05, 3.63) is 61.2 Å². The third-order valence-corrected chi connectivity index (χ3v) is 11.2. The number of hydrogen-bond acceptors (Lipinski definition) is 7. The van der Waals surface area contributed by atoms with E-state index in [0.29, 0.717) is 37.9 Å². The molecule has 1 aromatic rings. The molecular weight excluding hydrogens is 678 g/mol. The fourth-order valence-electron chi connectivity index (χ4n) is 7.72. The number of likely N-dealkylation sites (N-methyl/N-ethyl adjacent to an activating group) is 1. The van der Waals surface area contributed by atoms with Crippen molar-refractivity contribution in [2.24, 2.45) is 11.8 Å². The van der Waals surface area contributed by atoms with Crippen molar-refractivity contribution >= 4 is 39.6 Å². The molecule has 2 bridgehead atoms. The Morgan fingerprint density at radius 1 is 1.19 bits per heavy atom. The number of rotatable bonds is 18. The summed E-state index contributed by atoms with van der Waals surface area (Å²) in [7, 11) is 1.69. The van der Waals surface area contributed by atoms with Crippen molar-refractivity contribution in [3.63, 3.8) is 0 Å². The lowest BCUT2D eigenvalue weighted by atomic mass is 9.70. The summed E-state index contributed by atoms with van der Waals surface area (Å²) >= 11 is 3.73. The second-order valence-corrected chi connectivity index (χ2v) is 14.5. The number of likely N-dealkylation sites (tertiary alicyclic amines) is 1. The minimum atomic E-state index is -1.28. The van der Waals surface area contributed by atoms with Gasteiger partial charge in [-0.15, -0.1) is 13.2 Å². The van der Waals surface area contributed by atoms with E-state index in [4.69, 9.17) is 9.47 Å². The monoisotopic (exact) mass is 729 g/mol. The van der Waals surface area contributed by atoms with Gasteiger partial charge in [0.1, 0.15) is 17.7 Å². The maximum Gasteiger partial charge on any atom is 0.313 e. The van der Waals surface area contributed by atoms with Crippen molar-refractivity contribution in [2.75, 3.05) is 26.7 Å². The summed E-state index contributed by atoms with van der Waals surface area (Å²) in [5, 5.41) is 10.4. The highest BCUT2D eigenvalue weighted by molar-refractivity contribution is 9.09. The largest absolute Gasteiger partial charge is 0.455 e. The standard InChI is InChI=1S/C37H52BrN3O7/c1-7-11-16-21-40(20-9-3)35(45)33-37-22-27(38)32(48-37)29(30(37)34(44)41(33)26(10-4)23-42)36(46)47-31(25-17-14-13-15-18-25)24(5)39(6)28(43)19-12-8-2/h8-9,13-15,17-18,24,26-27,29-33,42H,2-3,7,10-12,16,19-23H2,1,4-6H3/t24-,26-,27?,29-,30+,31+,32-,33-,37+/m0/s1. The molecule has 11 heteroatoms. The molecule has 4 rings (SSSR count). The Bertz CT molecular complexity index is 1320. The van der Waals surface area contributed by atoms with Crippen molar-refractivity contribution in [2.45, 2.75) is 106 Å². The van der Waals surface area contributed by atoms with Gasteiger partial charge in [0.2, 0.25) is 17.7 Å². The van der Waals surface area contributed by atoms with Crippen LogP contribution in [0.4, 0.5) is 0 Å². The number of unbranched alkanes of at least 4 members (excludes halogenated alkanes) is 2. The Morgan fingerprint density at radius 2 is 1.90 bits per heavy atom. The van der Waals surface area contributed by atoms with Crippen LogP contribution in [0.2, 0.25) is 0 Å². The topological polar surface area (TPSA) is 117 Å². The van der Waals surface area contributed by atoms with Crippen molar-refractivity contribution in [3.8, 4) is 0 Å². The third-order valence-electron chi connectivity index (χ3n) is 10.4. The summed E-state index contributed by atoms with van der Waals surface area (Å²) in [4.78, 5) is 61.0. The second-order valence-electron chi connectivity index (χ2n) is 13.3. The summed E-state index contributed by atoms with van der Waals surface area (Å²) in [5.41, 5.74) is -0.573. The molecule has 9 atom stereocenters. The number of nitrogens with zero attached hydrogens (tertiary/aromatic N) is 3. The van der Waals surface area contributed by atoms with E-state index in [9.17, 15) is 24.3 Å². The van der Waals surface area contributed by atoms with Crippen LogP contribution >= 0.6 is 15.9 Å². The maximum atomic E-state index is 14.6. The van der Waals surface area contributed by atoms with Crippen LogP contribution < -0.4 is 0 Å². The van der Waals surface area contributed by atoms with E-state index in [2.05, 4.69) is 36.0 Å². The predicted octanol–water partition coefficient (Wildman–Crippen LogP) is 4.81. The molecule has 0 saturated carbocycles. The highest BCUT2D eigenvalue weighted by Gasteiger charge is 2.77. The van der Waals surface area contributed by atoms with Crippen LogP contribution in [-0.4, -0.2) is 105 Å². The first-order valence-corrected chi connectivity index (χ1v) is 18.2. The van der Waals surface area contributed by atoms with Gasteiger partial charge in [0, 0.05) is 31.4 Å². The second kappa shape index (κ2) is 16.6. The number of esters is 1. The van der Waals surface area contributed by atoms with Crippen molar-refractivity contribution in [1.29, 1.82) is 0 Å². The van der Waals surface area contributed by atoms with Crippen LogP contribution in [0.5, 0.6) is 0 Å². The average molecular weight is 731 g/mol. The molecule has 1 unspecified atom stereocenters. The van der Waals surface area contributed by atoms with Gasteiger partial charge in [-0.25, -0.2) is 0 Å². The van der Waals surface area contributed by atoms with Gasteiger partial charge in [-0.3, -0.25) is 19.2 Å². The minimum Gasteiger partial charge on any atom is -0.455 e. The number of hydrogen-bond donors (Lipinski definition) is 1. The first-order valence-electron chi connectivity index (χ1n) is 17.3. The quantitative estimate of drug-likeness (QED) is 0.0999. The van der Waals surface area contributed by atoms with Gasteiger partial charge in [-0.1, -0.05) is 85.1 Å². The number of allylic oxidation sites excluding steroid dienone is 1. The minimum absolute atomic E-state index is 0.109. The molecular formula is C37H52BrN3O7. The Labute approximate surface area is 293 Å². The number of halogens is 1. The zero-order valence-electron chi connectivity index (χ0n) is 28.8. The number of carbonyl (C=O) groups excluding carboxylic acids is 4. The molecule has 10 nitrogen and oxygen atoms in total. The van der Waals surface area contributed by atoms with E-state index >= 15 is 0 Å². The fraction of sp³-hybridized carbons (Fsp3) is 0.622. The highest BCUT2D eigenvalue weighted by atomic mass is 79.9. The first kappa shape index (κ1) is 37.8. The molecule has 1 spiro atoms. The van der Waals surface area contributed by atoms with E-state index in [1.165, 1.54) is 4.90 Å². The number of alkyl halides is 1. The molecule has 0 aliphatic carbocycles. The zero-order valence-corrected chi connectivity index (χ0v) is 30.3. The van der Waals surface area contributed by atoms with Crippen LogP contribution in [-0.2, 0) is 28.7 Å². The van der Waals surface area contributed by atoms with Gasteiger partial charge < -0.3 is 29.3 Å². The Hall–Kier alpha value is -3.02. The zero-order chi connectivity index (χ0) is 35.2.